The molecule has 2 N–H and O–H groups in total. The van der Waals surface area contributed by atoms with E-state index < -0.39 is 0 Å². The molecule has 2 atom stereocenters. The lowest BCUT2D eigenvalue weighted by atomic mass is 10.0. The van der Waals surface area contributed by atoms with Gasteiger partial charge in [-0.25, -0.2) is 0 Å². The predicted octanol–water partition coefficient (Wildman–Crippen LogP) is 1.37. The lowest BCUT2D eigenvalue weighted by molar-refractivity contribution is 0.0773. The zero-order valence-electron chi connectivity index (χ0n) is 9.26. The van der Waals surface area contributed by atoms with Crippen molar-refractivity contribution < 1.29 is 9.26 Å². The van der Waals surface area contributed by atoms with E-state index in [2.05, 4.69) is 10.1 Å². The molecule has 0 spiro atoms. The normalized spacial score (nSPS) is 27.9. The van der Waals surface area contributed by atoms with Gasteiger partial charge in [0, 0.05) is 12.5 Å². The quantitative estimate of drug-likeness (QED) is 0.837. The van der Waals surface area contributed by atoms with Gasteiger partial charge in [-0.05, 0) is 31.6 Å². The van der Waals surface area contributed by atoms with Crippen LogP contribution >= 0.6 is 0 Å². The number of ether oxygens (including phenoxy) is 1. The SMILES string of the molecule is NC(c1nc(C2CCCOC2)no1)C1CC1. The summed E-state index contributed by atoms with van der Waals surface area (Å²) in [6.45, 7) is 1.56. The predicted molar refractivity (Wildman–Crippen MR) is 56.7 cm³/mol. The highest BCUT2D eigenvalue weighted by Crippen LogP contribution is 2.39. The summed E-state index contributed by atoms with van der Waals surface area (Å²) in [5, 5.41) is 4.03. The first-order valence-electron chi connectivity index (χ1n) is 6.01. The Labute approximate surface area is 94.3 Å². The number of hydrogen-bond donors (Lipinski definition) is 1. The van der Waals surface area contributed by atoms with Crippen LogP contribution in [-0.4, -0.2) is 23.4 Å². The second kappa shape index (κ2) is 4.14. The van der Waals surface area contributed by atoms with Gasteiger partial charge >= 0.3 is 0 Å². The molecular formula is C11H17N3O2. The third-order valence-corrected chi connectivity index (χ3v) is 3.40. The molecule has 1 aliphatic carbocycles. The summed E-state index contributed by atoms with van der Waals surface area (Å²) in [6, 6.07) is -0.0641. The summed E-state index contributed by atoms with van der Waals surface area (Å²) >= 11 is 0. The summed E-state index contributed by atoms with van der Waals surface area (Å²) < 4.78 is 10.7. The first-order valence-corrected chi connectivity index (χ1v) is 6.01. The fourth-order valence-corrected chi connectivity index (χ4v) is 2.15. The minimum Gasteiger partial charge on any atom is -0.381 e. The maximum atomic E-state index is 6.02. The minimum atomic E-state index is -0.0641. The molecule has 0 amide bonds. The van der Waals surface area contributed by atoms with Crippen LogP contribution in [0.4, 0.5) is 0 Å². The molecule has 5 heteroatoms. The second-order valence-electron chi connectivity index (χ2n) is 4.77. The minimum absolute atomic E-state index is 0.0641. The van der Waals surface area contributed by atoms with E-state index in [1.54, 1.807) is 0 Å². The van der Waals surface area contributed by atoms with Crippen LogP contribution in [0.5, 0.6) is 0 Å². The average Bonchev–Trinajstić information content (AvgIpc) is 3.07. The molecule has 1 saturated carbocycles. The molecule has 88 valence electrons. The standard InChI is InChI=1S/C11H17N3O2/c12-9(7-3-4-7)11-13-10(14-16-11)8-2-1-5-15-6-8/h7-9H,1-6,12H2. The van der Waals surface area contributed by atoms with Crippen molar-refractivity contribution in [3.05, 3.63) is 11.7 Å². The highest BCUT2D eigenvalue weighted by Gasteiger charge is 2.34. The summed E-state index contributed by atoms with van der Waals surface area (Å²) in [5.74, 6) is 2.21. The summed E-state index contributed by atoms with van der Waals surface area (Å²) in [5.41, 5.74) is 6.02. The van der Waals surface area contributed by atoms with Crippen molar-refractivity contribution in [1.29, 1.82) is 0 Å². The van der Waals surface area contributed by atoms with Gasteiger partial charge in [-0.1, -0.05) is 5.16 Å². The molecule has 0 radical (unpaired) electrons. The van der Waals surface area contributed by atoms with Crippen molar-refractivity contribution in [2.24, 2.45) is 11.7 Å². The van der Waals surface area contributed by atoms with E-state index in [1.807, 2.05) is 0 Å². The maximum Gasteiger partial charge on any atom is 0.243 e. The van der Waals surface area contributed by atoms with Crippen molar-refractivity contribution in [3.8, 4) is 0 Å². The van der Waals surface area contributed by atoms with E-state index in [-0.39, 0.29) is 12.0 Å². The molecule has 3 rings (SSSR count). The Morgan fingerprint density at radius 3 is 2.88 bits per heavy atom. The molecule has 2 heterocycles. The van der Waals surface area contributed by atoms with Crippen molar-refractivity contribution >= 4 is 0 Å². The largest absolute Gasteiger partial charge is 0.381 e. The summed E-state index contributed by atoms with van der Waals surface area (Å²) in [4.78, 5) is 4.41. The summed E-state index contributed by atoms with van der Waals surface area (Å²) in [7, 11) is 0. The van der Waals surface area contributed by atoms with E-state index in [0.717, 1.165) is 25.3 Å². The van der Waals surface area contributed by atoms with Crippen LogP contribution in [0.1, 0.15) is 49.4 Å². The van der Waals surface area contributed by atoms with Crippen LogP contribution in [0.15, 0.2) is 4.52 Å². The fraction of sp³-hybridized carbons (Fsp3) is 0.818. The smallest absolute Gasteiger partial charge is 0.243 e. The van der Waals surface area contributed by atoms with Gasteiger partial charge in [0.1, 0.15) is 0 Å². The second-order valence-corrected chi connectivity index (χ2v) is 4.77. The molecule has 0 aromatic carbocycles. The van der Waals surface area contributed by atoms with Gasteiger partial charge in [-0.15, -0.1) is 0 Å². The molecule has 1 aliphatic heterocycles. The van der Waals surface area contributed by atoms with Crippen LogP contribution in [0.25, 0.3) is 0 Å². The van der Waals surface area contributed by atoms with Crippen molar-refractivity contribution in [1.82, 2.24) is 10.1 Å². The van der Waals surface area contributed by atoms with E-state index in [0.29, 0.717) is 18.4 Å². The molecular weight excluding hydrogens is 206 g/mol. The Hall–Kier alpha value is -0.940. The molecule has 2 aliphatic rings. The van der Waals surface area contributed by atoms with Crippen molar-refractivity contribution in [2.45, 2.75) is 37.6 Å². The highest BCUT2D eigenvalue weighted by atomic mass is 16.5. The first-order chi connectivity index (χ1) is 7.84. The van der Waals surface area contributed by atoms with Gasteiger partial charge in [0.2, 0.25) is 5.89 Å². The van der Waals surface area contributed by atoms with Crippen LogP contribution in [0.3, 0.4) is 0 Å². The molecule has 16 heavy (non-hydrogen) atoms. The molecule has 1 saturated heterocycles. The first kappa shape index (κ1) is 10.2. The zero-order chi connectivity index (χ0) is 11.0. The molecule has 1 aromatic heterocycles. The Morgan fingerprint density at radius 2 is 2.19 bits per heavy atom. The average molecular weight is 223 g/mol. The number of rotatable bonds is 3. The van der Waals surface area contributed by atoms with E-state index in [1.165, 1.54) is 12.8 Å². The number of nitrogens with two attached hydrogens (primary N) is 1. The molecule has 5 nitrogen and oxygen atoms in total. The Bertz CT molecular complexity index is 356. The topological polar surface area (TPSA) is 74.2 Å². The van der Waals surface area contributed by atoms with E-state index in [9.17, 15) is 0 Å². The number of aromatic nitrogens is 2. The Balaban J connectivity index is 1.70. The monoisotopic (exact) mass is 223 g/mol. The molecule has 0 bridgehead atoms. The van der Waals surface area contributed by atoms with Gasteiger partial charge in [0.05, 0.1) is 12.6 Å². The Kier molecular flexibility index (Phi) is 2.65. The zero-order valence-corrected chi connectivity index (χ0v) is 9.26. The maximum absolute atomic E-state index is 6.02. The molecule has 2 unspecified atom stereocenters. The van der Waals surface area contributed by atoms with Gasteiger partial charge in [-0.3, -0.25) is 0 Å². The number of hydrogen-bond acceptors (Lipinski definition) is 5. The van der Waals surface area contributed by atoms with Gasteiger partial charge in [0.25, 0.3) is 0 Å². The third-order valence-electron chi connectivity index (χ3n) is 3.40. The van der Waals surface area contributed by atoms with Crippen LogP contribution in [0, 0.1) is 5.92 Å². The van der Waals surface area contributed by atoms with Crippen molar-refractivity contribution in [2.75, 3.05) is 13.2 Å². The third kappa shape index (κ3) is 1.97. The fourth-order valence-electron chi connectivity index (χ4n) is 2.15. The lowest BCUT2D eigenvalue weighted by Gasteiger charge is -2.18. The van der Waals surface area contributed by atoms with E-state index in [4.69, 9.17) is 15.0 Å². The summed E-state index contributed by atoms with van der Waals surface area (Å²) in [6.07, 6.45) is 4.53. The highest BCUT2D eigenvalue weighted by molar-refractivity contribution is 5.02. The van der Waals surface area contributed by atoms with Crippen LogP contribution < -0.4 is 5.73 Å². The van der Waals surface area contributed by atoms with Gasteiger partial charge in [-0.2, -0.15) is 4.98 Å². The van der Waals surface area contributed by atoms with Gasteiger partial charge in [0.15, 0.2) is 5.82 Å². The van der Waals surface area contributed by atoms with Crippen LogP contribution in [0.2, 0.25) is 0 Å². The van der Waals surface area contributed by atoms with Crippen LogP contribution in [-0.2, 0) is 4.74 Å². The molecule has 1 aromatic rings. The molecule has 2 fully saturated rings. The number of nitrogens with zero attached hydrogens (tertiary/aromatic N) is 2. The Morgan fingerprint density at radius 1 is 1.31 bits per heavy atom. The van der Waals surface area contributed by atoms with Crippen molar-refractivity contribution in [3.63, 3.8) is 0 Å². The van der Waals surface area contributed by atoms with E-state index >= 15 is 0 Å². The lowest BCUT2D eigenvalue weighted by Crippen LogP contribution is -2.17. The van der Waals surface area contributed by atoms with Gasteiger partial charge < -0.3 is 15.0 Å².